The minimum Gasteiger partial charge on any atom is -0.386 e. The monoisotopic (exact) mass is 176 g/mol. The molecule has 0 aliphatic carbocycles. The molecule has 0 atom stereocenters. The molecule has 0 fully saturated rings. The molecule has 0 radical (unpaired) electrons. The Hall–Kier alpha value is -1.44. The summed E-state index contributed by atoms with van der Waals surface area (Å²) in [7, 11) is 0. The van der Waals surface area contributed by atoms with E-state index in [4.69, 9.17) is 5.73 Å². The predicted molar refractivity (Wildman–Crippen MR) is 57.5 cm³/mol. The highest BCUT2D eigenvalue weighted by Crippen LogP contribution is 2.18. The third-order valence-electron chi connectivity index (χ3n) is 1.94. The molecule has 3 N–H and O–H groups in total. The summed E-state index contributed by atoms with van der Waals surface area (Å²) in [4.78, 5) is 0. The maximum Gasteiger partial charge on any atom is 0.0930 e. The number of benzene rings is 1. The Morgan fingerprint density at radius 1 is 1.54 bits per heavy atom. The minimum absolute atomic E-state index is 0.486. The standard InChI is InChI=1S/C11H16N2/c1-4-10-6-5-8(2)7-11(10)13-9(3)12/h5-7,13H,3-4,12H2,1-2H3. The molecule has 2 heteroatoms. The van der Waals surface area contributed by atoms with E-state index >= 15 is 0 Å². The van der Waals surface area contributed by atoms with Crippen molar-refractivity contribution < 1.29 is 0 Å². The lowest BCUT2D eigenvalue weighted by molar-refractivity contribution is 1.13. The van der Waals surface area contributed by atoms with Crippen LogP contribution in [-0.4, -0.2) is 0 Å². The largest absolute Gasteiger partial charge is 0.386 e. The zero-order chi connectivity index (χ0) is 9.84. The molecule has 1 aromatic rings. The van der Waals surface area contributed by atoms with Crippen LogP contribution in [0.5, 0.6) is 0 Å². The Labute approximate surface area is 79.5 Å². The fourth-order valence-corrected chi connectivity index (χ4v) is 1.29. The molecule has 0 bridgehead atoms. The third-order valence-corrected chi connectivity index (χ3v) is 1.94. The van der Waals surface area contributed by atoms with Gasteiger partial charge in [-0.15, -0.1) is 0 Å². The molecule has 0 spiro atoms. The van der Waals surface area contributed by atoms with E-state index in [1.54, 1.807) is 0 Å². The molecule has 70 valence electrons. The first kappa shape index (κ1) is 9.65. The summed E-state index contributed by atoms with van der Waals surface area (Å²) in [6, 6.07) is 6.29. The quantitative estimate of drug-likeness (QED) is 0.742. The maximum atomic E-state index is 5.49. The summed E-state index contributed by atoms with van der Waals surface area (Å²) >= 11 is 0. The summed E-state index contributed by atoms with van der Waals surface area (Å²) < 4.78 is 0. The molecule has 0 saturated heterocycles. The highest BCUT2D eigenvalue weighted by Gasteiger charge is 1.99. The van der Waals surface area contributed by atoms with E-state index < -0.39 is 0 Å². The minimum atomic E-state index is 0.486. The highest BCUT2D eigenvalue weighted by molar-refractivity contribution is 5.55. The van der Waals surface area contributed by atoms with Gasteiger partial charge in [-0.05, 0) is 30.5 Å². The van der Waals surface area contributed by atoms with Crippen molar-refractivity contribution in [3.05, 3.63) is 41.7 Å². The number of nitrogens with one attached hydrogen (secondary N) is 1. The number of rotatable bonds is 3. The summed E-state index contributed by atoms with van der Waals surface area (Å²) in [5, 5.41) is 3.05. The first-order chi connectivity index (χ1) is 6.13. The Balaban J connectivity index is 3.01. The van der Waals surface area contributed by atoms with E-state index in [1.165, 1.54) is 11.1 Å². The Morgan fingerprint density at radius 2 is 2.23 bits per heavy atom. The van der Waals surface area contributed by atoms with Gasteiger partial charge < -0.3 is 11.1 Å². The lowest BCUT2D eigenvalue weighted by Crippen LogP contribution is -2.08. The molecule has 0 saturated carbocycles. The van der Waals surface area contributed by atoms with Crippen LogP contribution in [0, 0.1) is 6.92 Å². The van der Waals surface area contributed by atoms with Crippen LogP contribution in [0.1, 0.15) is 18.1 Å². The van der Waals surface area contributed by atoms with E-state index in [2.05, 4.69) is 43.9 Å². The van der Waals surface area contributed by atoms with Gasteiger partial charge in [-0.3, -0.25) is 0 Å². The van der Waals surface area contributed by atoms with Crippen molar-refractivity contribution in [2.24, 2.45) is 5.73 Å². The predicted octanol–water partition coefficient (Wildman–Crippen LogP) is 2.40. The number of aryl methyl sites for hydroxylation is 2. The van der Waals surface area contributed by atoms with Crippen LogP contribution < -0.4 is 11.1 Å². The van der Waals surface area contributed by atoms with Crippen molar-refractivity contribution in [3.8, 4) is 0 Å². The maximum absolute atomic E-state index is 5.49. The third kappa shape index (κ3) is 2.51. The van der Waals surface area contributed by atoms with Crippen molar-refractivity contribution in [2.75, 3.05) is 5.32 Å². The van der Waals surface area contributed by atoms with Gasteiger partial charge >= 0.3 is 0 Å². The fourth-order valence-electron chi connectivity index (χ4n) is 1.29. The second-order valence-corrected chi connectivity index (χ2v) is 3.16. The van der Waals surface area contributed by atoms with Crippen LogP contribution in [0.4, 0.5) is 5.69 Å². The van der Waals surface area contributed by atoms with Crippen LogP contribution in [-0.2, 0) is 6.42 Å². The molecule has 0 aliphatic heterocycles. The van der Waals surface area contributed by atoms with Crippen molar-refractivity contribution in [1.82, 2.24) is 0 Å². The van der Waals surface area contributed by atoms with E-state index in [9.17, 15) is 0 Å². The zero-order valence-electron chi connectivity index (χ0n) is 8.22. The second-order valence-electron chi connectivity index (χ2n) is 3.16. The van der Waals surface area contributed by atoms with Gasteiger partial charge in [-0.2, -0.15) is 0 Å². The molecular weight excluding hydrogens is 160 g/mol. The van der Waals surface area contributed by atoms with Gasteiger partial charge in [-0.1, -0.05) is 25.6 Å². The van der Waals surface area contributed by atoms with Gasteiger partial charge in [0.25, 0.3) is 0 Å². The molecule has 1 rings (SSSR count). The summed E-state index contributed by atoms with van der Waals surface area (Å²) in [6.45, 7) is 7.80. The topological polar surface area (TPSA) is 38.0 Å². The molecule has 0 unspecified atom stereocenters. The molecule has 0 aliphatic rings. The molecular formula is C11H16N2. The van der Waals surface area contributed by atoms with Crippen molar-refractivity contribution in [1.29, 1.82) is 0 Å². The van der Waals surface area contributed by atoms with Crippen molar-refractivity contribution >= 4 is 5.69 Å². The fraction of sp³-hybridized carbons (Fsp3) is 0.273. The van der Waals surface area contributed by atoms with Crippen molar-refractivity contribution in [3.63, 3.8) is 0 Å². The Bertz CT molecular complexity index is 316. The van der Waals surface area contributed by atoms with Crippen LogP contribution in [0.2, 0.25) is 0 Å². The molecule has 0 amide bonds. The lowest BCUT2D eigenvalue weighted by Gasteiger charge is -2.10. The average Bonchev–Trinajstić information content (AvgIpc) is 2.03. The first-order valence-corrected chi connectivity index (χ1v) is 4.44. The first-order valence-electron chi connectivity index (χ1n) is 4.44. The summed E-state index contributed by atoms with van der Waals surface area (Å²) in [6.07, 6.45) is 0.996. The molecule has 1 aromatic carbocycles. The van der Waals surface area contributed by atoms with Crippen molar-refractivity contribution in [2.45, 2.75) is 20.3 Å². The molecule has 0 aromatic heterocycles. The number of hydrogen-bond acceptors (Lipinski definition) is 2. The highest BCUT2D eigenvalue weighted by atomic mass is 15.0. The van der Waals surface area contributed by atoms with Gasteiger partial charge in [0.15, 0.2) is 0 Å². The van der Waals surface area contributed by atoms with E-state index in [0.29, 0.717) is 5.82 Å². The average molecular weight is 176 g/mol. The van der Waals surface area contributed by atoms with Crippen LogP contribution in [0.15, 0.2) is 30.6 Å². The Morgan fingerprint density at radius 3 is 2.77 bits per heavy atom. The van der Waals surface area contributed by atoms with E-state index in [1.807, 2.05) is 0 Å². The van der Waals surface area contributed by atoms with Crippen LogP contribution >= 0.6 is 0 Å². The molecule has 13 heavy (non-hydrogen) atoms. The summed E-state index contributed by atoms with van der Waals surface area (Å²) in [5.41, 5.74) is 9.04. The zero-order valence-corrected chi connectivity index (χ0v) is 8.22. The summed E-state index contributed by atoms with van der Waals surface area (Å²) in [5.74, 6) is 0.486. The molecule has 0 heterocycles. The Kier molecular flexibility index (Phi) is 2.96. The van der Waals surface area contributed by atoms with Gasteiger partial charge in [0.05, 0.1) is 5.82 Å². The van der Waals surface area contributed by atoms with E-state index in [0.717, 1.165) is 12.1 Å². The van der Waals surface area contributed by atoms with Gasteiger partial charge in [0.2, 0.25) is 0 Å². The lowest BCUT2D eigenvalue weighted by atomic mass is 10.1. The second kappa shape index (κ2) is 3.99. The number of anilines is 1. The van der Waals surface area contributed by atoms with E-state index in [-0.39, 0.29) is 0 Å². The van der Waals surface area contributed by atoms with Crippen LogP contribution in [0.25, 0.3) is 0 Å². The van der Waals surface area contributed by atoms with Gasteiger partial charge in [-0.25, -0.2) is 0 Å². The normalized spacial score (nSPS) is 9.69. The smallest absolute Gasteiger partial charge is 0.0930 e. The van der Waals surface area contributed by atoms with Crippen LogP contribution in [0.3, 0.4) is 0 Å². The SMILES string of the molecule is C=C(N)Nc1cc(C)ccc1CC. The molecule has 2 nitrogen and oxygen atoms in total. The number of nitrogens with two attached hydrogens (primary N) is 1. The van der Waals surface area contributed by atoms with Gasteiger partial charge in [0.1, 0.15) is 0 Å². The van der Waals surface area contributed by atoms with Gasteiger partial charge in [0, 0.05) is 5.69 Å². The number of hydrogen-bond donors (Lipinski definition) is 2.